The molecule has 1 aromatic rings. The predicted molar refractivity (Wildman–Crippen MR) is 60.6 cm³/mol. The lowest BCUT2D eigenvalue weighted by atomic mass is 10.1. The monoisotopic (exact) mass is 272 g/mol. The van der Waals surface area contributed by atoms with Crippen molar-refractivity contribution in [1.82, 2.24) is 0 Å². The highest BCUT2D eigenvalue weighted by Crippen LogP contribution is 2.18. The summed E-state index contributed by atoms with van der Waals surface area (Å²) in [4.78, 5) is 11.1. The van der Waals surface area contributed by atoms with Gasteiger partial charge in [-0.1, -0.05) is 22.0 Å². The number of carbonyl (C=O) groups excluding carboxylic acids is 1. The zero-order valence-electron chi connectivity index (χ0n) is 8.75. The Hall–Kier alpha value is -0.870. The average Bonchev–Trinajstić information content (AvgIpc) is 2.22. The highest BCUT2D eigenvalue weighted by Gasteiger charge is 2.08. The number of esters is 1. The standard InChI is InChI=1S/C11H13BrO3/c1-14-7-9-5-10(12)4-3-8(9)6-11(13)15-2/h3-5H,6-7H2,1-2H3. The van der Waals surface area contributed by atoms with Gasteiger partial charge in [-0.3, -0.25) is 4.79 Å². The predicted octanol–water partition coefficient (Wildman–Crippen LogP) is 2.31. The maximum absolute atomic E-state index is 11.1. The van der Waals surface area contributed by atoms with Gasteiger partial charge in [0.1, 0.15) is 0 Å². The van der Waals surface area contributed by atoms with Crippen molar-refractivity contribution < 1.29 is 14.3 Å². The van der Waals surface area contributed by atoms with E-state index in [2.05, 4.69) is 20.7 Å². The summed E-state index contributed by atoms with van der Waals surface area (Å²) in [6, 6.07) is 5.74. The van der Waals surface area contributed by atoms with E-state index >= 15 is 0 Å². The first-order valence-corrected chi connectivity index (χ1v) is 5.29. The highest BCUT2D eigenvalue weighted by atomic mass is 79.9. The first-order chi connectivity index (χ1) is 7.17. The molecule has 0 aromatic heterocycles. The molecule has 0 aliphatic carbocycles. The number of hydrogen-bond acceptors (Lipinski definition) is 3. The molecule has 0 heterocycles. The molecule has 0 spiro atoms. The summed E-state index contributed by atoms with van der Waals surface area (Å²) in [6.07, 6.45) is 0.280. The van der Waals surface area contributed by atoms with Crippen molar-refractivity contribution in [2.24, 2.45) is 0 Å². The third-order valence-electron chi connectivity index (χ3n) is 2.03. The van der Waals surface area contributed by atoms with Crippen LogP contribution >= 0.6 is 15.9 Å². The summed E-state index contributed by atoms with van der Waals surface area (Å²) in [6.45, 7) is 0.492. The van der Waals surface area contributed by atoms with E-state index in [9.17, 15) is 4.79 Å². The quantitative estimate of drug-likeness (QED) is 0.790. The van der Waals surface area contributed by atoms with Gasteiger partial charge in [0.15, 0.2) is 0 Å². The van der Waals surface area contributed by atoms with Crippen LogP contribution in [0.3, 0.4) is 0 Å². The number of methoxy groups -OCH3 is 2. The van der Waals surface area contributed by atoms with E-state index < -0.39 is 0 Å². The van der Waals surface area contributed by atoms with Crippen molar-refractivity contribution in [2.75, 3.05) is 14.2 Å². The molecule has 0 aliphatic heterocycles. The molecule has 0 atom stereocenters. The molecule has 0 radical (unpaired) electrons. The maximum atomic E-state index is 11.1. The lowest BCUT2D eigenvalue weighted by Gasteiger charge is -2.08. The minimum atomic E-state index is -0.241. The van der Waals surface area contributed by atoms with Gasteiger partial charge in [0, 0.05) is 11.6 Å². The number of halogens is 1. The Bertz CT molecular complexity index is 350. The highest BCUT2D eigenvalue weighted by molar-refractivity contribution is 9.10. The van der Waals surface area contributed by atoms with Crippen LogP contribution in [0.1, 0.15) is 11.1 Å². The second-order valence-electron chi connectivity index (χ2n) is 3.10. The first-order valence-electron chi connectivity index (χ1n) is 4.50. The van der Waals surface area contributed by atoms with Crippen LogP contribution in [0.4, 0.5) is 0 Å². The fourth-order valence-corrected chi connectivity index (χ4v) is 1.69. The van der Waals surface area contributed by atoms with Gasteiger partial charge in [0.05, 0.1) is 20.1 Å². The molecule has 3 nitrogen and oxygen atoms in total. The zero-order chi connectivity index (χ0) is 11.3. The largest absolute Gasteiger partial charge is 0.469 e. The van der Waals surface area contributed by atoms with Gasteiger partial charge in [-0.25, -0.2) is 0 Å². The Balaban J connectivity index is 2.89. The van der Waals surface area contributed by atoms with E-state index in [0.717, 1.165) is 15.6 Å². The molecule has 0 saturated heterocycles. The van der Waals surface area contributed by atoms with Crippen molar-refractivity contribution in [3.63, 3.8) is 0 Å². The van der Waals surface area contributed by atoms with E-state index in [1.54, 1.807) is 7.11 Å². The number of carbonyl (C=O) groups is 1. The molecule has 4 heteroatoms. The molecular weight excluding hydrogens is 260 g/mol. The summed E-state index contributed by atoms with van der Waals surface area (Å²) in [7, 11) is 3.01. The number of ether oxygens (including phenoxy) is 2. The van der Waals surface area contributed by atoms with E-state index in [-0.39, 0.29) is 12.4 Å². The molecule has 0 amide bonds. The fourth-order valence-electron chi connectivity index (χ4n) is 1.28. The van der Waals surface area contributed by atoms with Crippen LogP contribution in [0.15, 0.2) is 22.7 Å². The molecule has 0 saturated carbocycles. The van der Waals surface area contributed by atoms with E-state index in [4.69, 9.17) is 4.74 Å². The maximum Gasteiger partial charge on any atom is 0.309 e. The molecule has 0 N–H and O–H groups in total. The van der Waals surface area contributed by atoms with Crippen molar-refractivity contribution in [1.29, 1.82) is 0 Å². The lowest BCUT2D eigenvalue weighted by molar-refractivity contribution is -0.139. The minimum absolute atomic E-state index is 0.241. The van der Waals surface area contributed by atoms with Crippen LogP contribution in [0, 0.1) is 0 Å². The number of hydrogen-bond donors (Lipinski definition) is 0. The summed E-state index contributed by atoms with van der Waals surface area (Å²) < 4.78 is 10.7. The molecular formula is C11H13BrO3. The first kappa shape index (κ1) is 12.2. The van der Waals surface area contributed by atoms with Gasteiger partial charge in [0.2, 0.25) is 0 Å². The average molecular weight is 273 g/mol. The van der Waals surface area contributed by atoms with Gasteiger partial charge in [-0.15, -0.1) is 0 Å². The molecule has 0 fully saturated rings. The molecule has 1 rings (SSSR count). The summed E-state index contributed by atoms with van der Waals surface area (Å²) in [5.41, 5.74) is 1.93. The third-order valence-corrected chi connectivity index (χ3v) is 2.52. The van der Waals surface area contributed by atoms with Gasteiger partial charge in [0.25, 0.3) is 0 Å². The van der Waals surface area contributed by atoms with Gasteiger partial charge < -0.3 is 9.47 Å². The minimum Gasteiger partial charge on any atom is -0.469 e. The molecule has 82 valence electrons. The Morgan fingerprint density at radius 2 is 2.07 bits per heavy atom. The van der Waals surface area contributed by atoms with Crippen LogP contribution in [0.25, 0.3) is 0 Å². The summed E-state index contributed by atoms with van der Waals surface area (Å²) in [5, 5.41) is 0. The summed E-state index contributed by atoms with van der Waals surface area (Å²) in [5.74, 6) is -0.241. The Morgan fingerprint density at radius 1 is 1.33 bits per heavy atom. The van der Waals surface area contributed by atoms with Crippen LogP contribution in [0.5, 0.6) is 0 Å². The Labute approximate surface area is 97.5 Å². The van der Waals surface area contributed by atoms with E-state index in [1.807, 2.05) is 18.2 Å². The van der Waals surface area contributed by atoms with Crippen molar-refractivity contribution in [3.05, 3.63) is 33.8 Å². The topological polar surface area (TPSA) is 35.5 Å². The third kappa shape index (κ3) is 3.64. The normalized spacial score (nSPS) is 10.1. The SMILES string of the molecule is COCc1cc(Br)ccc1CC(=O)OC. The van der Waals surface area contributed by atoms with Crippen LogP contribution in [-0.2, 0) is 27.3 Å². The van der Waals surface area contributed by atoms with E-state index in [1.165, 1.54) is 7.11 Å². The van der Waals surface area contributed by atoms with Crippen LogP contribution in [0.2, 0.25) is 0 Å². The Kier molecular flexibility index (Phi) is 4.78. The molecule has 1 aromatic carbocycles. The van der Waals surface area contributed by atoms with Crippen molar-refractivity contribution in [3.8, 4) is 0 Å². The summed E-state index contributed by atoms with van der Waals surface area (Å²) >= 11 is 3.38. The number of benzene rings is 1. The molecule has 15 heavy (non-hydrogen) atoms. The molecule has 0 aliphatic rings. The van der Waals surface area contributed by atoms with Crippen molar-refractivity contribution >= 4 is 21.9 Å². The zero-order valence-corrected chi connectivity index (χ0v) is 10.3. The van der Waals surface area contributed by atoms with Crippen molar-refractivity contribution in [2.45, 2.75) is 13.0 Å². The second kappa shape index (κ2) is 5.88. The lowest BCUT2D eigenvalue weighted by Crippen LogP contribution is -2.07. The molecule has 0 bridgehead atoms. The van der Waals surface area contributed by atoms with Crippen LogP contribution in [-0.4, -0.2) is 20.2 Å². The van der Waals surface area contributed by atoms with Gasteiger partial charge >= 0.3 is 5.97 Å². The smallest absolute Gasteiger partial charge is 0.309 e. The van der Waals surface area contributed by atoms with Crippen LogP contribution < -0.4 is 0 Å². The number of rotatable bonds is 4. The van der Waals surface area contributed by atoms with E-state index in [0.29, 0.717) is 6.61 Å². The second-order valence-corrected chi connectivity index (χ2v) is 4.01. The van der Waals surface area contributed by atoms with Gasteiger partial charge in [-0.05, 0) is 23.3 Å². The van der Waals surface area contributed by atoms with Gasteiger partial charge in [-0.2, -0.15) is 0 Å². The molecule has 0 unspecified atom stereocenters. The fraction of sp³-hybridized carbons (Fsp3) is 0.364. The Morgan fingerprint density at radius 3 is 2.67 bits per heavy atom.